The first kappa shape index (κ1) is 22.3. The van der Waals surface area contributed by atoms with Crippen molar-refractivity contribution in [1.82, 2.24) is 14.9 Å². The maximum atomic E-state index is 13.2. The van der Waals surface area contributed by atoms with E-state index in [4.69, 9.17) is 4.74 Å². The van der Waals surface area contributed by atoms with E-state index < -0.39 is 0 Å². The zero-order chi connectivity index (χ0) is 22.5. The minimum atomic E-state index is -0.252. The predicted molar refractivity (Wildman–Crippen MR) is 121 cm³/mol. The van der Waals surface area contributed by atoms with E-state index in [1.165, 1.54) is 12.1 Å². The Kier molecular flexibility index (Phi) is 7.04. The summed E-state index contributed by atoms with van der Waals surface area (Å²) in [6.45, 7) is 7.27. The van der Waals surface area contributed by atoms with Gasteiger partial charge in [0, 0.05) is 62.6 Å². The number of morpholine rings is 1. The van der Waals surface area contributed by atoms with Crippen LogP contribution in [0.5, 0.6) is 0 Å². The van der Waals surface area contributed by atoms with Crippen molar-refractivity contribution in [2.75, 3.05) is 62.3 Å². The van der Waals surface area contributed by atoms with Gasteiger partial charge in [-0.3, -0.25) is 14.6 Å². The Labute approximate surface area is 187 Å². The number of halogens is 1. The molecule has 2 aliphatic heterocycles. The summed E-state index contributed by atoms with van der Waals surface area (Å²) in [5.41, 5.74) is 2.03. The summed E-state index contributed by atoms with van der Waals surface area (Å²) < 4.78 is 18.5. The van der Waals surface area contributed by atoms with Gasteiger partial charge >= 0.3 is 0 Å². The van der Waals surface area contributed by atoms with Crippen molar-refractivity contribution >= 4 is 17.5 Å². The quantitative estimate of drug-likeness (QED) is 0.758. The molecule has 32 heavy (non-hydrogen) atoms. The van der Waals surface area contributed by atoms with Crippen LogP contribution >= 0.6 is 0 Å². The van der Waals surface area contributed by atoms with Gasteiger partial charge in [0.1, 0.15) is 5.82 Å². The summed E-state index contributed by atoms with van der Waals surface area (Å²) in [7, 11) is 0. The fourth-order valence-electron chi connectivity index (χ4n) is 4.28. The molecule has 2 fully saturated rings. The van der Waals surface area contributed by atoms with E-state index in [0.717, 1.165) is 18.7 Å². The van der Waals surface area contributed by atoms with Crippen molar-refractivity contribution in [2.45, 2.75) is 26.2 Å². The molecular weight excluding hydrogens is 413 g/mol. The van der Waals surface area contributed by atoms with Gasteiger partial charge in [-0.1, -0.05) is 0 Å². The fraction of sp³-hybridized carbons (Fsp3) is 0.522. The number of H-pyrrole nitrogens is 1. The lowest BCUT2D eigenvalue weighted by Crippen LogP contribution is -2.39. The number of amides is 1. The third-order valence-corrected chi connectivity index (χ3v) is 6.15. The number of aryl methyl sites for hydroxylation is 1. The van der Waals surface area contributed by atoms with Gasteiger partial charge in [0.15, 0.2) is 0 Å². The number of nitrogens with one attached hydrogen (secondary N) is 1. The van der Waals surface area contributed by atoms with Crippen LogP contribution in [0.1, 0.15) is 24.1 Å². The molecule has 2 saturated heterocycles. The average Bonchev–Trinajstić information content (AvgIpc) is 3.06. The van der Waals surface area contributed by atoms with Crippen LogP contribution in [-0.2, 0) is 16.0 Å². The minimum absolute atomic E-state index is 0.0435. The van der Waals surface area contributed by atoms with Crippen molar-refractivity contribution in [3.05, 3.63) is 51.7 Å². The van der Waals surface area contributed by atoms with Gasteiger partial charge in [0.2, 0.25) is 11.9 Å². The van der Waals surface area contributed by atoms with Crippen LogP contribution in [-0.4, -0.2) is 73.3 Å². The topological polar surface area (TPSA) is 81.8 Å². The fourth-order valence-corrected chi connectivity index (χ4v) is 4.28. The number of hydrogen-bond acceptors (Lipinski definition) is 6. The predicted octanol–water partition coefficient (Wildman–Crippen LogP) is 1.73. The molecule has 1 aromatic carbocycles. The van der Waals surface area contributed by atoms with Gasteiger partial charge in [0.05, 0.1) is 13.2 Å². The largest absolute Gasteiger partial charge is 0.378 e. The molecule has 8 nitrogen and oxygen atoms in total. The van der Waals surface area contributed by atoms with Gasteiger partial charge in [-0.05, 0) is 44.0 Å². The number of aromatic amines is 1. The number of aromatic nitrogens is 2. The maximum Gasteiger partial charge on any atom is 0.255 e. The summed E-state index contributed by atoms with van der Waals surface area (Å²) >= 11 is 0. The number of hydrogen-bond donors (Lipinski definition) is 1. The van der Waals surface area contributed by atoms with Crippen LogP contribution in [0.15, 0.2) is 29.1 Å². The van der Waals surface area contributed by atoms with E-state index in [1.807, 2.05) is 16.7 Å². The minimum Gasteiger partial charge on any atom is -0.378 e. The van der Waals surface area contributed by atoms with Crippen LogP contribution in [0.4, 0.5) is 16.0 Å². The van der Waals surface area contributed by atoms with E-state index in [1.54, 1.807) is 12.1 Å². The van der Waals surface area contributed by atoms with Gasteiger partial charge in [0.25, 0.3) is 5.56 Å². The van der Waals surface area contributed by atoms with Crippen LogP contribution in [0, 0.1) is 12.7 Å². The zero-order valence-corrected chi connectivity index (χ0v) is 18.5. The first-order chi connectivity index (χ1) is 15.5. The molecule has 0 saturated carbocycles. The summed E-state index contributed by atoms with van der Waals surface area (Å²) in [5, 5.41) is 0. The van der Waals surface area contributed by atoms with Crippen LogP contribution < -0.4 is 15.4 Å². The molecule has 4 rings (SSSR count). The molecule has 0 atom stereocenters. The standard InChI is InChI=1S/C23H30FN5O3/c1-17-20(22(31)26-23(25-17)29-13-15-32-16-14-29)7-8-21(30)28-10-2-9-27(11-12-28)19-5-3-18(24)4-6-19/h3-6H,2,7-16H2,1H3,(H,25,26,31). The number of rotatable bonds is 5. The van der Waals surface area contributed by atoms with E-state index >= 15 is 0 Å². The molecule has 0 aliphatic carbocycles. The number of benzene rings is 1. The number of carbonyl (C=O) groups is 1. The van der Waals surface area contributed by atoms with Crippen molar-refractivity contribution in [3.63, 3.8) is 0 Å². The number of anilines is 2. The molecule has 172 valence electrons. The van der Waals surface area contributed by atoms with Gasteiger partial charge in [-0.25, -0.2) is 9.37 Å². The normalized spacial score (nSPS) is 17.4. The first-order valence-electron chi connectivity index (χ1n) is 11.2. The Balaban J connectivity index is 1.34. The van der Waals surface area contributed by atoms with E-state index in [-0.39, 0.29) is 23.7 Å². The van der Waals surface area contributed by atoms with Crippen molar-refractivity contribution in [1.29, 1.82) is 0 Å². The van der Waals surface area contributed by atoms with Crippen LogP contribution in [0.2, 0.25) is 0 Å². The Morgan fingerprint density at radius 3 is 2.53 bits per heavy atom. The molecule has 9 heteroatoms. The number of nitrogens with zero attached hydrogens (tertiary/aromatic N) is 4. The molecule has 1 N–H and O–H groups in total. The summed E-state index contributed by atoms with van der Waals surface area (Å²) in [5.74, 6) is 0.361. The highest BCUT2D eigenvalue weighted by Crippen LogP contribution is 2.18. The molecule has 2 aliphatic rings. The number of carbonyl (C=O) groups excluding carboxylic acids is 1. The summed E-state index contributed by atoms with van der Waals surface area (Å²) in [4.78, 5) is 39.0. The molecule has 1 aromatic heterocycles. The third kappa shape index (κ3) is 5.27. The summed E-state index contributed by atoms with van der Waals surface area (Å²) in [6, 6.07) is 6.47. The van der Waals surface area contributed by atoms with E-state index in [0.29, 0.717) is 69.6 Å². The van der Waals surface area contributed by atoms with Crippen molar-refractivity contribution in [2.24, 2.45) is 0 Å². The molecule has 3 heterocycles. The average molecular weight is 444 g/mol. The van der Waals surface area contributed by atoms with Crippen molar-refractivity contribution in [3.8, 4) is 0 Å². The lowest BCUT2D eigenvalue weighted by Gasteiger charge is -2.27. The van der Waals surface area contributed by atoms with E-state index in [9.17, 15) is 14.0 Å². The highest BCUT2D eigenvalue weighted by atomic mass is 19.1. The molecule has 0 radical (unpaired) electrons. The lowest BCUT2D eigenvalue weighted by molar-refractivity contribution is -0.130. The molecular formula is C23H30FN5O3. The van der Waals surface area contributed by atoms with Gasteiger partial charge in [-0.2, -0.15) is 0 Å². The Bertz CT molecular complexity index is 988. The number of ether oxygens (including phenoxy) is 1. The third-order valence-electron chi connectivity index (χ3n) is 6.15. The highest BCUT2D eigenvalue weighted by Gasteiger charge is 2.21. The monoisotopic (exact) mass is 443 g/mol. The van der Waals surface area contributed by atoms with Gasteiger partial charge in [-0.15, -0.1) is 0 Å². The molecule has 0 spiro atoms. The second kappa shape index (κ2) is 10.1. The Hall–Kier alpha value is -2.94. The smallest absolute Gasteiger partial charge is 0.255 e. The lowest BCUT2D eigenvalue weighted by atomic mass is 10.1. The Morgan fingerprint density at radius 1 is 1.06 bits per heavy atom. The molecule has 2 aromatic rings. The van der Waals surface area contributed by atoms with Crippen LogP contribution in [0.3, 0.4) is 0 Å². The van der Waals surface area contributed by atoms with E-state index in [2.05, 4.69) is 14.9 Å². The molecule has 0 bridgehead atoms. The molecule has 0 unspecified atom stereocenters. The summed E-state index contributed by atoms with van der Waals surface area (Å²) in [6.07, 6.45) is 1.49. The maximum absolute atomic E-state index is 13.2. The SMILES string of the molecule is Cc1nc(N2CCOCC2)[nH]c(=O)c1CCC(=O)N1CCCN(c2ccc(F)cc2)CC1. The van der Waals surface area contributed by atoms with Crippen molar-refractivity contribution < 1.29 is 13.9 Å². The molecule has 1 amide bonds. The van der Waals surface area contributed by atoms with Crippen LogP contribution in [0.25, 0.3) is 0 Å². The zero-order valence-electron chi connectivity index (χ0n) is 18.5. The Morgan fingerprint density at radius 2 is 1.81 bits per heavy atom. The second-order valence-corrected chi connectivity index (χ2v) is 8.25. The van der Waals surface area contributed by atoms with Gasteiger partial charge < -0.3 is 19.4 Å². The second-order valence-electron chi connectivity index (χ2n) is 8.25. The first-order valence-corrected chi connectivity index (χ1v) is 11.2. The highest BCUT2D eigenvalue weighted by molar-refractivity contribution is 5.76.